The number of carbonyl (C=O) groups excluding carboxylic acids is 1. The number of sulfone groups is 1. The molecule has 1 amide bonds. The first-order valence-corrected chi connectivity index (χ1v) is 10.9. The van der Waals surface area contributed by atoms with E-state index in [-0.39, 0.29) is 36.4 Å². The molecule has 0 aromatic heterocycles. The SMILES string of the molecule is CN=C(NCCC(=O)NC1CCS(=O)(=O)C1)N(C)Cc1ccc(C(F)(F)F)cc1. The Labute approximate surface area is 168 Å². The zero-order valence-corrected chi connectivity index (χ0v) is 17.1. The Morgan fingerprint density at radius 1 is 1.28 bits per heavy atom. The van der Waals surface area contributed by atoms with Gasteiger partial charge >= 0.3 is 6.18 Å². The fourth-order valence-electron chi connectivity index (χ4n) is 3.03. The van der Waals surface area contributed by atoms with Crippen LogP contribution >= 0.6 is 0 Å². The lowest BCUT2D eigenvalue weighted by atomic mass is 10.1. The smallest absolute Gasteiger partial charge is 0.356 e. The van der Waals surface area contributed by atoms with Gasteiger partial charge in [-0.1, -0.05) is 12.1 Å². The van der Waals surface area contributed by atoms with Gasteiger partial charge in [0, 0.05) is 39.6 Å². The van der Waals surface area contributed by atoms with Crippen LogP contribution in [0.4, 0.5) is 13.2 Å². The van der Waals surface area contributed by atoms with E-state index in [0.29, 0.717) is 24.5 Å². The molecule has 1 aromatic rings. The number of carbonyl (C=O) groups is 1. The zero-order valence-electron chi connectivity index (χ0n) is 16.3. The lowest BCUT2D eigenvalue weighted by Gasteiger charge is -2.22. The quantitative estimate of drug-likeness (QED) is 0.522. The Bertz CT molecular complexity index is 839. The molecule has 162 valence electrons. The van der Waals surface area contributed by atoms with Crippen LogP contribution in [0.15, 0.2) is 29.3 Å². The first-order valence-electron chi connectivity index (χ1n) is 9.08. The minimum atomic E-state index is -4.37. The van der Waals surface area contributed by atoms with Crippen molar-refractivity contribution in [3.8, 4) is 0 Å². The van der Waals surface area contributed by atoms with Crippen molar-refractivity contribution in [2.24, 2.45) is 4.99 Å². The van der Waals surface area contributed by atoms with Crippen molar-refractivity contribution in [3.05, 3.63) is 35.4 Å². The highest BCUT2D eigenvalue weighted by atomic mass is 32.2. The number of aliphatic imine (C=N–C) groups is 1. The van der Waals surface area contributed by atoms with Gasteiger partial charge in [0.05, 0.1) is 17.1 Å². The van der Waals surface area contributed by atoms with E-state index in [0.717, 1.165) is 12.1 Å². The van der Waals surface area contributed by atoms with Crippen molar-refractivity contribution in [2.75, 3.05) is 32.1 Å². The Kier molecular flexibility index (Phi) is 7.50. The van der Waals surface area contributed by atoms with Gasteiger partial charge in [-0.25, -0.2) is 8.42 Å². The molecule has 0 radical (unpaired) electrons. The molecular formula is C18H25F3N4O3S. The second-order valence-electron chi connectivity index (χ2n) is 6.94. The molecule has 1 atom stereocenters. The van der Waals surface area contributed by atoms with E-state index < -0.39 is 21.6 Å². The van der Waals surface area contributed by atoms with Crippen molar-refractivity contribution in [1.82, 2.24) is 15.5 Å². The minimum Gasteiger partial charge on any atom is -0.356 e. The van der Waals surface area contributed by atoms with Gasteiger partial charge < -0.3 is 15.5 Å². The minimum absolute atomic E-state index is 0.0241. The highest BCUT2D eigenvalue weighted by Crippen LogP contribution is 2.29. The molecule has 1 saturated heterocycles. The Morgan fingerprint density at radius 3 is 2.45 bits per heavy atom. The van der Waals surface area contributed by atoms with Gasteiger partial charge in [0.15, 0.2) is 15.8 Å². The van der Waals surface area contributed by atoms with Gasteiger partial charge in [0.1, 0.15) is 0 Å². The Balaban J connectivity index is 1.78. The van der Waals surface area contributed by atoms with Crippen molar-refractivity contribution < 1.29 is 26.4 Å². The van der Waals surface area contributed by atoms with Crippen LogP contribution in [0.2, 0.25) is 0 Å². The summed E-state index contributed by atoms with van der Waals surface area (Å²) in [7, 11) is 0.248. The number of amides is 1. The number of hydrogen-bond acceptors (Lipinski definition) is 4. The number of nitrogens with one attached hydrogen (secondary N) is 2. The summed E-state index contributed by atoms with van der Waals surface area (Å²) in [5, 5.41) is 5.72. The number of rotatable bonds is 6. The summed E-state index contributed by atoms with van der Waals surface area (Å²) in [5.41, 5.74) is -0.0175. The molecule has 2 N–H and O–H groups in total. The molecule has 1 fully saturated rings. The molecule has 11 heteroatoms. The average Bonchev–Trinajstić information content (AvgIpc) is 2.96. The van der Waals surface area contributed by atoms with Gasteiger partial charge in [0.2, 0.25) is 5.91 Å². The molecule has 1 aromatic carbocycles. The predicted molar refractivity (Wildman–Crippen MR) is 104 cm³/mol. The normalized spacial score (nSPS) is 19.1. The van der Waals surface area contributed by atoms with Gasteiger partial charge in [-0.2, -0.15) is 13.2 Å². The van der Waals surface area contributed by atoms with Crippen LogP contribution in [0.3, 0.4) is 0 Å². The van der Waals surface area contributed by atoms with Crippen LogP contribution in [0, 0.1) is 0 Å². The molecule has 2 rings (SSSR count). The van der Waals surface area contributed by atoms with Crippen molar-refractivity contribution in [1.29, 1.82) is 0 Å². The van der Waals surface area contributed by atoms with E-state index in [9.17, 15) is 26.4 Å². The van der Waals surface area contributed by atoms with Crippen molar-refractivity contribution in [2.45, 2.75) is 31.6 Å². The molecule has 1 aliphatic rings. The number of hydrogen-bond donors (Lipinski definition) is 2. The highest BCUT2D eigenvalue weighted by Gasteiger charge is 2.30. The van der Waals surface area contributed by atoms with Crippen LogP contribution in [0.25, 0.3) is 0 Å². The summed E-state index contributed by atoms with van der Waals surface area (Å²) in [6.45, 7) is 0.624. The molecule has 0 saturated carbocycles. The van der Waals surface area contributed by atoms with Crippen molar-refractivity contribution in [3.63, 3.8) is 0 Å². The number of nitrogens with zero attached hydrogens (tertiary/aromatic N) is 2. The molecule has 1 unspecified atom stereocenters. The topological polar surface area (TPSA) is 90.9 Å². The highest BCUT2D eigenvalue weighted by molar-refractivity contribution is 7.91. The van der Waals surface area contributed by atoms with Crippen molar-refractivity contribution >= 4 is 21.7 Å². The van der Waals surface area contributed by atoms with E-state index in [1.54, 1.807) is 19.0 Å². The summed E-state index contributed by atoms with van der Waals surface area (Å²) in [6.07, 6.45) is -3.80. The molecule has 0 bridgehead atoms. The van der Waals surface area contributed by atoms with E-state index in [1.165, 1.54) is 12.1 Å². The third-order valence-corrected chi connectivity index (χ3v) is 6.28. The molecule has 1 heterocycles. The van der Waals surface area contributed by atoms with Gasteiger partial charge in [-0.05, 0) is 24.1 Å². The lowest BCUT2D eigenvalue weighted by molar-refractivity contribution is -0.137. The molecule has 29 heavy (non-hydrogen) atoms. The Morgan fingerprint density at radius 2 is 1.93 bits per heavy atom. The predicted octanol–water partition coefficient (Wildman–Crippen LogP) is 1.41. The lowest BCUT2D eigenvalue weighted by Crippen LogP contribution is -2.41. The largest absolute Gasteiger partial charge is 0.416 e. The van der Waals surface area contributed by atoms with Crippen LogP contribution < -0.4 is 10.6 Å². The number of halogens is 3. The average molecular weight is 434 g/mol. The summed E-state index contributed by atoms with van der Waals surface area (Å²) < 4.78 is 60.7. The van der Waals surface area contributed by atoms with Gasteiger partial charge in [-0.15, -0.1) is 0 Å². The van der Waals surface area contributed by atoms with E-state index in [1.807, 2.05) is 0 Å². The van der Waals surface area contributed by atoms with E-state index >= 15 is 0 Å². The van der Waals surface area contributed by atoms with Gasteiger partial charge in [0.25, 0.3) is 0 Å². The fourth-order valence-corrected chi connectivity index (χ4v) is 4.70. The fraction of sp³-hybridized carbons (Fsp3) is 0.556. The summed E-state index contributed by atoms with van der Waals surface area (Å²) in [5.74, 6) is 0.308. The number of alkyl halides is 3. The van der Waals surface area contributed by atoms with Crippen LogP contribution in [-0.2, 0) is 27.4 Å². The van der Waals surface area contributed by atoms with Crippen LogP contribution in [0.5, 0.6) is 0 Å². The third kappa shape index (κ3) is 7.22. The van der Waals surface area contributed by atoms with E-state index in [4.69, 9.17) is 0 Å². The first kappa shape index (κ1) is 23.0. The molecule has 1 aliphatic heterocycles. The summed E-state index contributed by atoms with van der Waals surface area (Å²) in [4.78, 5) is 17.8. The standard InChI is InChI=1S/C18H25F3N4O3S/c1-22-17(23-9-7-16(26)24-15-8-10-29(27,28)12-15)25(2)11-13-3-5-14(6-4-13)18(19,20)21/h3-6,15H,7-12H2,1-2H3,(H,22,23)(H,24,26). The molecule has 0 aliphatic carbocycles. The molecule has 7 nitrogen and oxygen atoms in total. The maximum absolute atomic E-state index is 12.6. The van der Waals surface area contributed by atoms with Crippen LogP contribution in [0.1, 0.15) is 24.0 Å². The number of guanidine groups is 1. The molecule has 0 spiro atoms. The second-order valence-corrected chi connectivity index (χ2v) is 9.17. The maximum atomic E-state index is 12.6. The third-order valence-electron chi connectivity index (χ3n) is 4.51. The first-order chi connectivity index (χ1) is 13.5. The van der Waals surface area contributed by atoms with E-state index in [2.05, 4.69) is 15.6 Å². The van der Waals surface area contributed by atoms with Crippen LogP contribution in [-0.4, -0.2) is 63.4 Å². The summed E-state index contributed by atoms with van der Waals surface area (Å²) in [6, 6.07) is 4.56. The second kappa shape index (κ2) is 9.47. The zero-order chi connectivity index (χ0) is 21.7. The molecular weight excluding hydrogens is 409 g/mol. The monoisotopic (exact) mass is 434 g/mol. The number of benzene rings is 1. The maximum Gasteiger partial charge on any atom is 0.416 e. The summed E-state index contributed by atoms with van der Waals surface area (Å²) >= 11 is 0. The Hall–Kier alpha value is -2.30. The van der Waals surface area contributed by atoms with Gasteiger partial charge in [-0.3, -0.25) is 9.79 Å².